The van der Waals surface area contributed by atoms with Gasteiger partial charge in [-0.3, -0.25) is 0 Å². The highest BCUT2D eigenvalue weighted by Crippen LogP contribution is 2.29. The van der Waals surface area contributed by atoms with Gasteiger partial charge < -0.3 is 16.0 Å². The minimum atomic E-state index is -0.472. The Morgan fingerprint density at radius 3 is 2.63 bits per heavy atom. The predicted molar refractivity (Wildman–Crippen MR) is 172 cm³/mol. The number of aryl methyl sites for hydroxylation is 1. The summed E-state index contributed by atoms with van der Waals surface area (Å²) in [5.41, 5.74) is 12.1. The number of hydrogen-bond acceptors (Lipinski definition) is 4. The molecule has 2 heterocycles. The van der Waals surface area contributed by atoms with Crippen LogP contribution in [0.3, 0.4) is 0 Å². The first-order valence-corrected chi connectivity index (χ1v) is 14.0. The highest BCUT2D eigenvalue weighted by Gasteiger charge is 2.19. The van der Waals surface area contributed by atoms with Crippen LogP contribution < -0.4 is 11.1 Å². The van der Waals surface area contributed by atoms with Gasteiger partial charge in [-0.2, -0.15) is 0 Å². The third-order valence-electron chi connectivity index (χ3n) is 6.82. The number of benzene rings is 2. The van der Waals surface area contributed by atoms with E-state index in [-0.39, 0.29) is 23.6 Å². The zero-order chi connectivity index (χ0) is 30.8. The number of nitrogens with one attached hydrogen (secondary N) is 2. The number of pyridine rings is 1. The molecule has 0 aliphatic heterocycles. The Kier molecular flexibility index (Phi) is 10.6. The van der Waals surface area contributed by atoms with Gasteiger partial charge in [0.2, 0.25) is 0 Å². The molecule has 4 N–H and O–H groups in total. The van der Waals surface area contributed by atoms with Crippen molar-refractivity contribution in [1.82, 2.24) is 20.3 Å². The fourth-order valence-electron chi connectivity index (χ4n) is 4.77. The number of aromatic amines is 1. The first kappa shape index (κ1) is 30.9. The number of anilines is 1. The van der Waals surface area contributed by atoms with Crippen molar-refractivity contribution in [2.75, 3.05) is 12.3 Å². The van der Waals surface area contributed by atoms with E-state index >= 15 is 4.39 Å². The Balaban J connectivity index is 1.61. The van der Waals surface area contributed by atoms with Crippen LogP contribution in [0.5, 0.6) is 0 Å². The van der Waals surface area contributed by atoms with E-state index < -0.39 is 5.82 Å². The smallest absolute Gasteiger partial charge is 0.139 e. The maximum Gasteiger partial charge on any atom is 0.139 e. The highest BCUT2D eigenvalue weighted by molar-refractivity contribution is 5.80. The summed E-state index contributed by atoms with van der Waals surface area (Å²) >= 11 is 0. The number of allylic oxidation sites excluding steroid dienone is 5. The number of nitrogen functional groups attached to an aromatic ring is 1. The molecular formula is C36H35F2N5. The zero-order valence-electron chi connectivity index (χ0n) is 24.6. The lowest BCUT2D eigenvalue weighted by atomic mass is 10.00. The molecule has 0 aliphatic carbocycles. The minimum Gasteiger partial charge on any atom is -0.383 e. The standard InChI is InChI=1S/C36H35F2N5/c1-5-12-26(22-40-21-25-14-9-8-10-15-25)18-27(7-3)32-23-41-36(39)31(34(32)38)20-33-42-24(4)35(43-33)30(13-6-2)28-16-11-17-29(37)19-28/h6-11,13-19,23,40H,2,20-22H2,1,3-4H3,(H2,39,41)(H,42,43)/b26-18+,27-7+,30-13-. The Hall–Kier alpha value is -5.06. The molecule has 4 aromatic rings. The molecule has 0 atom stereocenters. The molecule has 4 rings (SSSR count). The van der Waals surface area contributed by atoms with Crippen molar-refractivity contribution in [3.05, 3.63) is 148 Å². The number of hydrogen-bond donors (Lipinski definition) is 3. The summed E-state index contributed by atoms with van der Waals surface area (Å²) in [5, 5.41) is 3.40. The van der Waals surface area contributed by atoms with Gasteiger partial charge in [-0.15, -0.1) is 5.92 Å². The van der Waals surface area contributed by atoms with Gasteiger partial charge in [0.1, 0.15) is 23.3 Å². The summed E-state index contributed by atoms with van der Waals surface area (Å²) in [6.07, 6.45) is 8.63. The average Bonchev–Trinajstić information content (AvgIpc) is 3.37. The lowest BCUT2D eigenvalue weighted by Gasteiger charge is -2.12. The summed E-state index contributed by atoms with van der Waals surface area (Å²) in [4.78, 5) is 12.3. The van der Waals surface area contributed by atoms with Crippen LogP contribution in [0.25, 0.3) is 11.1 Å². The van der Waals surface area contributed by atoms with Crippen LogP contribution in [0, 0.1) is 30.4 Å². The maximum absolute atomic E-state index is 16.1. The summed E-state index contributed by atoms with van der Waals surface area (Å²) in [7, 11) is 0. The van der Waals surface area contributed by atoms with Crippen LogP contribution in [0.1, 0.15) is 53.3 Å². The average molecular weight is 576 g/mol. The van der Waals surface area contributed by atoms with E-state index in [1.165, 1.54) is 18.3 Å². The van der Waals surface area contributed by atoms with Crippen LogP contribution >= 0.6 is 0 Å². The first-order valence-electron chi connectivity index (χ1n) is 14.0. The van der Waals surface area contributed by atoms with Gasteiger partial charge in [0, 0.05) is 53.7 Å². The van der Waals surface area contributed by atoms with E-state index in [1.54, 1.807) is 31.2 Å². The van der Waals surface area contributed by atoms with Crippen LogP contribution in [0.15, 0.2) is 97.3 Å². The minimum absolute atomic E-state index is 0.0846. The van der Waals surface area contributed by atoms with Crippen LogP contribution in [0.4, 0.5) is 14.6 Å². The largest absolute Gasteiger partial charge is 0.383 e. The molecule has 0 aliphatic rings. The summed E-state index contributed by atoms with van der Waals surface area (Å²) in [5.74, 6) is 5.83. The first-order chi connectivity index (χ1) is 20.8. The lowest BCUT2D eigenvalue weighted by molar-refractivity contribution is 0.607. The Labute approximate surface area is 252 Å². The summed E-state index contributed by atoms with van der Waals surface area (Å²) < 4.78 is 30.1. The molecule has 5 nitrogen and oxygen atoms in total. The normalized spacial score (nSPS) is 12.2. The van der Waals surface area contributed by atoms with Crippen LogP contribution in [-0.4, -0.2) is 21.5 Å². The van der Waals surface area contributed by atoms with Crippen molar-refractivity contribution in [2.24, 2.45) is 0 Å². The van der Waals surface area contributed by atoms with Gasteiger partial charge in [0.15, 0.2) is 0 Å². The molecular weight excluding hydrogens is 540 g/mol. The monoisotopic (exact) mass is 575 g/mol. The second-order valence-corrected chi connectivity index (χ2v) is 9.89. The Morgan fingerprint density at radius 1 is 1.14 bits per heavy atom. The number of nitrogens with two attached hydrogens (primary N) is 1. The van der Waals surface area contributed by atoms with E-state index in [4.69, 9.17) is 10.7 Å². The zero-order valence-corrected chi connectivity index (χ0v) is 24.6. The second kappa shape index (κ2) is 14.7. The van der Waals surface area contributed by atoms with E-state index in [1.807, 2.05) is 44.2 Å². The Morgan fingerprint density at radius 2 is 1.93 bits per heavy atom. The van der Waals surface area contributed by atoms with Crippen molar-refractivity contribution < 1.29 is 8.78 Å². The molecule has 218 valence electrons. The number of imidazole rings is 1. The molecule has 0 radical (unpaired) electrons. The summed E-state index contributed by atoms with van der Waals surface area (Å²) in [6, 6.07) is 16.4. The van der Waals surface area contributed by atoms with Gasteiger partial charge in [0.05, 0.1) is 5.69 Å². The molecule has 0 amide bonds. The van der Waals surface area contributed by atoms with E-state index in [2.05, 4.69) is 45.8 Å². The Bertz CT molecular complexity index is 1750. The molecule has 0 fully saturated rings. The molecule has 2 aromatic heterocycles. The van der Waals surface area contributed by atoms with Gasteiger partial charge in [-0.1, -0.05) is 73.2 Å². The van der Waals surface area contributed by atoms with Gasteiger partial charge >= 0.3 is 0 Å². The van der Waals surface area contributed by atoms with E-state index in [0.29, 0.717) is 46.9 Å². The van der Waals surface area contributed by atoms with Crippen molar-refractivity contribution >= 4 is 17.0 Å². The SMILES string of the molecule is C=C/C=C(/c1cccc(F)c1)c1nc(Cc2c(N)ncc(C(/C=C(\C#CC)CNCc3ccccc3)=C/C)c2F)[nH]c1C. The van der Waals surface area contributed by atoms with Crippen molar-refractivity contribution in [3.8, 4) is 11.8 Å². The van der Waals surface area contributed by atoms with E-state index in [9.17, 15) is 4.39 Å². The summed E-state index contributed by atoms with van der Waals surface area (Å²) in [6.45, 7) is 10.5. The van der Waals surface area contributed by atoms with Crippen molar-refractivity contribution in [1.29, 1.82) is 0 Å². The van der Waals surface area contributed by atoms with Gasteiger partial charge in [-0.05, 0) is 55.7 Å². The molecule has 43 heavy (non-hydrogen) atoms. The van der Waals surface area contributed by atoms with Gasteiger partial charge in [0.25, 0.3) is 0 Å². The number of nitrogens with zero attached hydrogens (tertiary/aromatic N) is 2. The third kappa shape index (κ3) is 7.82. The van der Waals surface area contributed by atoms with E-state index in [0.717, 1.165) is 16.8 Å². The van der Waals surface area contributed by atoms with Crippen LogP contribution in [0.2, 0.25) is 0 Å². The highest BCUT2D eigenvalue weighted by atomic mass is 19.1. The molecule has 2 aromatic carbocycles. The fourth-order valence-corrected chi connectivity index (χ4v) is 4.77. The molecule has 0 spiro atoms. The molecule has 0 unspecified atom stereocenters. The number of halogens is 2. The third-order valence-corrected chi connectivity index (χ3v) is 6.82. The predicted octanol–water partition coefficient (Wildman–Crippen LogP) is 7.32. The quantitative estimate of drug-likeness (QED) is 0.129. The molecule has 0 saturated heterocycles. The molecule has 0 saturated carbocycles. The fraction of sp³-hybridized carbons (Fsp3) is 0.167. The number of rotatable bonds is 11. The van der Waals surface area contributed by atoms with Crippen molar-refractivity contribution in [3.63, 3.8) is 0 Å². The second-order valence-electron chi connectivity index (χ2n) is 9.89. The lowest BCUT2D eigenvalue weighted by Crippen LogP contribution is -2.16. The molecule has 0 bridgehead atoms. The van der Waals surface area contributed by atoms with Crippen LogP contribution in [-0.2, 0) is 13.0 Å². The molecule has 7 heteroatoms. The van der Waals surface area contributed by atoms with Crippen molar-refractivity contribution in [2.45, 2.75) is 33.7 Å². The number of H-pyrrole nitrogens is 1. The van der Waals surface area contributed by atoms with Gasteiger partial charge in [-0.25, -0.2) is 18.7 Å². The number of aromatic nitrogens is 3. The topological polar surface area (TPSA) is 79.6 Å². The maximum atomic E-state index is 16.1.